The average molecular weight is 568 g/mol. The van der Waals surface area contributed by atoms with Crippen LogP contribution in [0.5, 0.6) is 0 Å². The fourth-order valence-corrected chi connectivity index (χ4v) is 6.25. The van der Waals surface area contributed by atoms with Gasteiger partial charge in [0.15, 0.2) is 5.69 Å². The van der Waals surface area contributed by atoms with Crippen molar-refractivity contribution in [1.29, 1.82) is 0 Å². The molecule has 7 heteroatoms. The van der Waals surface area contributed by atoms with Gasteiger partial charge in [-0.3, -0.25) is 9.69 Å². The molecule has 2 aliphatic rings. The van der Waals surface area contributed by atoms with Gasteiger partial charge in [0, 0.05) is 55.5 Å². The van der Waals surface area contributed by atoms with Crippen molar-refractivity contribution < 1.29 is 4.79 Å². The van der Waals surface area contributed by atoms with Crippen LogP contribution in [0.4, 0.5) is 5.69 Å². The Labute approximate surface area is 247 Å². The molecule has 0 bridgehead atoms. The number of piperazine rings is 1. The highest BCUT2D eigenvalue weighted by atomic mass is 35.5. The first kappa shape index (κ1) is 27.6. The maximum absolute atomic E-state index is 13.2. The SMILES string of the molecule is O=C(NCCN1CCN(c2ccc(Cl)cc2)CC1)c1cc(-c2ccc(C3CCCCC3)cc2)n(-c2ccccc2)n1. The van der Waals surface area contributed by atoms with Crippen molar-refractivity contribution in [1.82, 2.24) is 20.0 Å². The van der Waals surface area contributed by atoms with E-state index >= 15 is 0 Å². The van der Waals surface area contributed by atoms with Crippen LogP contribution >= 0.6 is 11.6 Å². The van der Waals surface area contributed by atoms with E-state index < -0.39 is 0 Å². The number of carbonyl (C=O) groups excluding carboxylic acids is 1. The summed E-state index contributed by atoms with van der Waals surface area (Å²) in [5, 5.41) is 8.63. The normalized spacial score (nSPS) is 16.6. The summed E-state index contributed by atoms with van der Waals surface area (Å²) < 4.78 is 1.89. The van der Waals surface area contributed by atoms with Gasteiger partial charge in [-0.05, 0) is 66.8 Å². The molecule has 0 spiro atoms. The molecule has 4 aromatic rings. The zero-order valence-electron chi connectivity index (χ0n) is 23.5. The number of hydrogen-bond donors (Lipinski definition) is 1. The first-order chi connectivity index (χ1) is 20.1. The first-order valence-electron chi connectivity index (χ1n) is 14.9. The Bertz CT molecular complexity index is 1420. The Kier molecular flexibility index (Phi) is 8.68. The van der Waals surface area contributed by atoms with E-state index in [1.165, 1.54) is 43.4 Å². The Hall–Kier alpha value is -3.61. The highest BCUT2D eigenvalue weighted by Gasteiger charge is 2.20. The zero-order chi connectivity index (χ0) is 28.0. The minimum Gasteiger partial charge on any atom is -0.369 e. The lowest BCUT2D eigenvalue weighted by Crippen LogP contribution is -2.48. The van der Waals surface area contributed by atoms with E-state index in [2.05, 4.69) is 51.5 Å². The highest BCUT2D eigenvalue weighted by Crippen LogP contribution is 2.34. The number of aromatic nitrogens is 2. The fraction of sp³-hybridized carbons (Fsp3) is 0.353. The summed E-state index contributed by atoms with van der Waals surface area (Å²) in [5.74, 6) is 0.526. The second-order valence-electron chi connectivity index (χ2n) is 11.2. The molecular formula is C34H38ClN5O. The number of anilines is 1. The predicted molar refractivity (Wildman–Crippen MR) is 167 cm³/mol. The molecule has 41 heavy (non-hydrogen) atoms. The summed E-state index contributed by atoms with van der Waals surface area (Å²) in [4.78, 5) is 18.0. The van der Waals surface area contributed by atoms with Crippen LogP contribution in [0.3, 0.4) is 0 Å². The van der Waals surface area contributed by atoms with Crippen LogP contribution in [0.2, 0.25) is 5.02 Å². The number of nitrogens with zero attached hydrogens (tertiary/aromatic N) is 4. The van der Waals surface area contributed by atoms with Crippen molar-refractivity contribution >= 4 is 23.2 Å². The molecule has 1 saturated heterocycles. The molecule has 3 aromatic carbocycles. The van der Waals surface area contributed by atoms with Gasteiger partial charge in [0.1, 0.15) is 0 Å². The Morgan fingerprint density at radius 2 is 1.54 bits per heavy atom. The van der Waals surface area contributed by atoms with Crippen molar-refractivity contribution in [3.8, 4) is 16.9 Å². The molecular weight excluding hydrogens is 530 g/mol. The quantitative estimate of drug-likeness (QED) is 0.255. The minimum atomic E-state index is -0.139. The topological polar surface area (TPSA) is 53.4 Å². The van der Waals surface area contributed by atoms with Crippen LogP contribution in [-0.2, 0) is 0 Å². The predicted octanol–water partition coefficient (Wildman–Crippen LogP) is 6.79. The van der Waals surface area contributed by atoms with E-state index in [9.17, 15) is 4.79 Å². The third kappa shape index (κ3) is 6.66. The van der Waals surface area contributed by atoms with Gasteiger partial charge in [0.25, 0.3) is 5.91 Å². The molecule has 2 heterocycles. The molecule has 0 atom stereocenters. The molecule has 1 N–H and O–H groups in total. The molecule has 1 saturated carbocycles. The summed E-state index contributed by atoms with van der Waals surface area (Å²) in [6, 6.07) is 28.9. The van der Waals surface area contributed by atoms with Crippen LogP contribution in [0.25, 0.3) is 16.9 Å². The van der Waals surface area contributed by atoms with Gasteiger partial charge in [-0.15, -0.1) is 0 Å². The van der Waals surface area contributed by atoms with E-state index in [4.69, 9.17) is 16.7 Å². The lowest BCUT2D eigenvalue weighted by Gasteiger charge is -2.36. The standard InChI is InChI=1S/C34H38ClN5O/c35-29-15-17-30(18-16-29)39-23-21-38(22-24-39)20-19-36-34(41)32-25-33(40(37-32)31-9-5-2-6-10-31)28-13-11-27(12-14-28)26-7-3-1-4-8-26/h2,5-6,9-18,25-26H,1,3-4,7-8,19-24H2,(H,36,41). The van der Waals surface area contributed by atoms with E-state index in [-0.39, 0.29) is 5.91 Å². The molecule has 2 fully saturated rings. The van der Waals surface area contributed by atoms with Crippen molar-refractivity contribution in [2.75, 3.05) is 44.2 Å². The maximum Gasteiger partial charge on any atom is 0.271 e. The Morgan fingerprint density at radius 1 is 0.829 bits per heavy atom. The van der Waals surface area contributed by atoms with Gasteiger partial charge in [0.05, 0.1) is 11.4 Å². The van der Waals surface area contributed by atoms with Gasteiger partial charge in [-0.25, -0.2) is 4.68 Å². The summed E-state index contributed by atoms with van der Waals surface area (Å²) in [5.41, 5.74) is 6.00. The van der Waals surface area contributed by atoms with Gasteiger partial charge in [-0.2, -0.15) is 5.10 Å². The van der Waals surface area contributed by atoms with Gasteiger partial charge < -0.3 is 10.2 Å². The monoisotopic (exact) mass is 567 g/mol. The zero-order valence-corrected chi connectivity index (χ0v) is 24.3. The largest absolute Gasteiger partial charge is 0.369 e. The fourth-order valence-electron chi connectivity index (χ4n) is 6.13. The lowest BCUT2D eigenvalue weighted by atomic mass is 9.84. The van der Waals surface area contributed by atoms with E-state index in [0.717, 1.165) is 54.7 Å². The number of para-hydroxylation sites is 1. The lowest BCUT2D eigenvalue weighted by molar-refractivity contribution is 0.0942. The van der Waals surface area contributed by atoms with Crippen molar-refractivity contribution in [2.45, 2.75) is 38.0 Å². The Balaban J connectivity index is 1.09. The molecule has 1 aliphatic carbocycles. The van der Waals surface area contributed by atoms with Crippen LogP contribution < -0.4 is 10.2 Å². The number of hydrogen-bond acceptors (Lipinski definition) is 4. The number of nitrogens with one attached hydrogen (secondary N) is 1. The second kappa shape index (κ2) is 12.9. The Morgan fingerprint density at radius 3 is 2.24 bits per heavy atom. The molecule has 0 radical (unpaired) electrons. The molecule has 0 unspecified atom stereocenters. The van der Waals surface area contributed by atoms with Gasteiger partial charge in [0.2, 0.25) is 0 Å². The smallest absolute Gasteiger partial charge is 0.271 e. The third-order valence-electron chi connectivity index (χ3n) is 8.50. The summed E-state index contributed by atoms with van der Waals surface area (Å²) in [7, 11) is 0. The number of rotatable bonds is 8. The molecule has 1 amide bonds. The summed E-state index contributed by atoms with van der Waals surface area (Å²) in [6.45, 7) is 5.24. The average Bonchev–Trinajstić information content (AvgIpc) is 3.49. The van der Waals surface area contributed by atoms with Crippen LogP contribution in [0.15, 0.2) is 84.9 Å². The minimum absolute atomic E-state index is 0.139. The molecule has 212 valence electrons. The van der Waals surface area contributed by atoms with Crippen LogP contribution in [-0.4, -0.2) is 59.9 Å². The third-order valence-corrected chi connectivity index (χ3v) is 8.76. The summed E-state index contributed by atoms with van der Waals surface area (Å²) >= 11 is 6.04. The highest BCUT2D eigenvalue weighted by molar-refractivity contribution is 6.30. The second-order valence-corrected chi connectivity index (χ2v) is 11.6. The van der Waals surface area contributed by atoms with E-state index in [0.29, 0.717) is 18.2 Å². The molecule has 6 nitrogen and oxygen atoms in total. The van der Waals surface area contributed by atoms with Crippen molar-refractivity contribution in [2.24, 2.45) is 0 Å². The molecule has 1 aliphatic heterocycles. The van der Waals surface area contributed by atoms with Crippen LogP contribution in [0.1, 0.15) is 54.1 Å². The molecule has 1 aromatic heterocycles. The van der Waals surface area contributed by atoms with Crippen molar-refractivity contribution in [3.05, 3.63) is 101 Å². The molecule has 6 rings (SSSR count). The summed E-state index contributed by atoms with van der Waals surface area (Å²) in [6.07, 6.45) is 6.57. The number of carbonyl (C=O) groups is 1. The number of amides is 1. The van der Waals surface area contributed by atoms with E-state index in [1.807, 2.05) is 53.2 Å². The van der Waals surface area contributed by atoms with E-state index in [1.54, 1.807) is 0 Å². The van der Waals surface area contributed by atoms with Gasteiger partial charge in [-0.1, -0.05) is 73.3 Å². The van der Waals surface area contributed by atoms with Crippen molar-refractivity contribution in [3.63, 3.8) is 0 Å². The van der Waals surface area contributed by atoms with Crippen LogP contribution in [0, 0.1) is 0 Å². The number of benzene rings is 3. The first-order valence-corrected chi connectivity index (χ1v) is 15.3. The maximum atomic E-state index is 13.2. The number of halogens is 1. The van der Waals surface area contributed by atoms with Gasteiger partial charge >= 0.3 is 0 Å².